The average molecular weight is 428 g/mol. The van der Waals surface area contributed by atoms with E-state index in [0.29, 0.717) is 42.8 Å². The number of hydrogen-bond acceptors (Lipinski definition) is 5. The summed E-state index contributed by atoms with van der Waals surface area (Å²) < 4.78 is 22.1. The first-order valence-electron chi connectivity index (χ1n) is 9.70. The molecule has 0 aliphatic carbocycles. The minimum atomic E-state index is 0.479. The third kappa shape index (κ3) is 6.31. The van der Waals surface area contributed by atoms with Gasteiger partial charge >= 0.3 is 0 Å². The zero-order valence-corrected chi connectivity index (χ0v) is 17.9. The average Bonchev–Trinajstić information content (AvgIpc) is 2.78. The standard InChI is InChI=1S/C24H26ClNO4/c1-27-23-14-19(22(25)15-24(23)28-2)17-26-16-18-7-6-10-21(13-18)30-12-11-29-20-8-4-3-5-9-20/h3-10,13-15,26H,11-12,16-17H2,1-2H3. The van der Waals surface area contributed by atoms with E-state index in [1.54, 1.807) is 20.3 Å². The van der Waals surface area contributed by atoms with Crippen molar-refractivity contribution < 1.29 is 18.9 Å². The van der Waals surface area contributed by atoms with Crippen molar-refractivity contribution >= 4 is 11.6 Å². The van der Waals surface area contributed by atoms with E-state index in [2.05, 4.69) is 11.4 Å². The highest BCUT2D eigenvalue weighted by molar-refractivity contribution is 6.31. The molecule has 0 heterocycles. The van der Waals surface area contributed by atoms with Gasteiger partial charge in [-0.25, -0.2) is 0 Å². The monoisotopic (exact) mass is 427 g/mol. The number of ether oxygens (including phenoxy) is 4. The third-order valence-corrected chi connectivity index (χ3v) is 4.81. The van der Waals surface area contributed by atoms with Crippen LogP contribution in [0.5, 0.6) is 23.0 Å². The maximum Gasteiger partial charge on any atom is 0.162 e. The van der Waals surface area contributed by atoms with Crippen LogP contribution in [0.15, 0.2) is 66.7 Å². The largest absolute Gasteiger partial charge is 0.493 e. The van der Waals surface area contributed by atoms with Crippen molar-refractivity contribution in [3.05, 3.63) is 82.9 Å². The molecule has 5 nitrogen and oxygen atoms in total. The Morgan fingerprint density at radius 3 is 2.13 bits per heavy atom. The van der Waals surface area contributed by atoms with Crippen LogP contribution in [0.4, 0.5) is 0 Å². The Morgan fingerprint density at radius 1 is 0.733 bits per heavy atom. The van der Waals surface area contributed by atoms with Gasteiger partial charge in [0.1, 0.15) is 24.7 Å². The van der Waals surface area contributed by atoms with Crippen molar-refractivity contribution in [3.63, 3.8) is 0 Å². The van der Waals surface area contributed by atoms with E-state index >= 15 is 0 Å². The minimum Gasteiger partial charge on any atom is -0.493 e. The number of hydrogen-bond donors (Lipinski definition) is 1. The maximum atomic E-state index is 6.35. The molecule has 1 N–H and O–H groups in total. The van der Waals surface area contributed by atoms with Gasteiger partial charge in [0.25, 0.3) is 0 Å². The number of rotatable bonds is 11. The zero-order valence-electron chi connectivity index (χ0n) is 17.2. The van der Waals surface area contributed by atoms with Crippen molar-refractivity contribution in [2.24, 2.45) is 0 Å². The van der Waals surface area contributed by atoms with Gasteiger partial charge in [-0.05, 0) is 41.5 Å². The van der Waals surface area contributed by atoms with Crippen molar-refractivity contribution in [1.82, 2.24) is 5.32 Å². The molecule has 6 heteroatoms. The van der Waals surface area contributed by atoms with E-state index in [0.717, 1.165) is 22.6 Å². The van der Waals surface area contributed by atoms with Crippen LogP contribution in [0.3, 0.4) is 0 Å². The second-order valence-corrected chi connectivity index (χ2v) is 6.97. The molecule has 0 aliphatic rings. The molecule has 0 radical (unpaired) electrons. The van der Waals surface area contributed by atoms with E-state index in [9.17, 15) is 0 Å². The summed E-state index contributed by atoms with van der Waals surface area (Å²) in [5.41, 5.74) is 2.06. The number of halogens is 1. The van der Waals surface area contributed by atoms with Crippen molar-refractivity contribution in [2.45, 2.75) is 13.1 Å². The van der Waals surface area contributed by atoms with E-state index < -0.39 is 0 Å². The molecular weight excluding hydrogens is 402 g/mol. The summed E-state index contributed by atoms with van der Waals surface area (Å²) in [7, 11) is 3.20. The van der Waals surface area contributed by atoms with Gasteiger partial charge in [0.15, 0.2) is 11.5 Å². The predicted octanol–water partition coefficient (Wildman–Crippen LogP) is 5.10. The van der Waals surface area contributed by atoms with Crippen LogP contribution in [-0.2, 0) is 13.1 Å². The van der Waals surface area contributed by atoms with Crippen LogP contribution in [-0.4, -0.2) is 27.4 Å². The molecule has 158 valence electrons. The molecule has 0 spiro atoms. The first kappa shape index (κ1) is 21.8. The molecule has 0 fully saturated rings. The molecule has 30 heavy (non-hydrogen) atoms. The van der Waals surface area contributed by atoms with Crippen LogP contribution in [0.1, 0.15) is 11.1 Å². The highest BCUT2D eigenvalue weighted by atomic mass is 35.5. The first-order chi connectivity index (χ1) is 14.7. The van der Waals surface area contributed by atoms with Crippen molar-refractivity contribution in [2.75, 3.05) is 27.4 Å². The second-order valence-electron chi connectivity index (χ2n) is 6.56. The Balaban J connectivity index is 1.47. The summed E-state index contributed by atoms with van der Waals surface area (Å²) in [6.45, 7) is 2.26. The van der Waals surface area contributed by atoms with Gasteiger partial charge in [-0.3, -0.25) is 0 Å². The summed E-state index contributed by atoms with van der Waals surface area (Å²) in [5.74, 6) is 2.93. The maximum absolute atomic E-state index is 6.35. The topological polar surface area (TPSA) is 49.0 Å². The molecule has 0 aliphatic heterocycles. The summed E-state index contributed by atoms with van der Waals surface area (Å²) in [4.78, 5) is 0. The molecule has 0 atom stereocenters. The zero-order chi connectivity index (χ0) is 21.2. The lowest BCUT2D eigenvalue weighted by molar-refractivity contribution is 0.217. The molecular formula is C24H26ClNO4. The normalized spacial score (nSPS) is 10.5. The van der Waals surface area contributed by atoms with E-state index in [-0.39, 0.29) is 0 Å². The number of nitrogens with one attached hydrogen (secondary N) is 1. The summed E-state index contributed by atoms with van der Waals surface area (Å²) >= 11 is 6.35. The number of methoxy groups -OCH3 is 2. The molecule has 3 rings (SSSR count). The lowest BCUT2D eigenvalue weighted by Crippen LogP contribution is -2.13. The third-order valence-electron chi connectivity index (χ3n) is 4.46. The quantitative estimate of drug-likeness (QED) is 0.431. The van der Waals surface area contributed by atoms with Gasteiger partial charge < -0.3 is 24.3 Å². The highest BCUT2D eigenvalue weighted by Crippen LogP contribution is 2.33. The van der Waals surface area contributed by atoms with Crippen LogP contribution in [0.25, 0.3) is 0 Å². The van der Waals surface area contributed by atoms with Gasteiger partial charge in [0, 0.05) is 24.2 Å². The SMILES string of the molecule is COc1cc(Cl)c(CNCc2cccc(OCCOc3ccccc3)c2)cc1OC. The van der Waals surface area contributed by atoms with Gasteiger partial charge in [0.2, 0.25) is 0 Å². The van der Waals surface area contributed by atoms with E-state index in [4.69, 9.17) is 30.5 Å². The van der Waals surface area contributed by atoms with Crippen LogP contribution in [0, 0.1) is 0 Å². The van der Waals surface area contributed by atoms with Crippen LogP contribution >= 0.6 is 11.6 Å². The minimum absolute atomic E-state index is 0.479. The lowest BCUT2D eigenvalue weighted by Gasteiger charge is -2.13. The molecule has 0 unspecified atom stereocenters. The molecule has 3 aromatic carbocycles. The predicted molar refractivity (Wildman–Crippen MR) is 119 cm³/mol. The molecule has 0 saturated carbocycles. The van der Waals surface area contributed by atoms with Crippen molar-refractivity contribution in [3.8, 4) is 23.0 Å². The fourth-order valence-corrected chi connectivity index (χ4v) is 3.17. The van der Waals surface area contributed by atoms with Gasteiger partial charge in [-0.1, -0.05) is 41.9 Å². The molecule has 0 saturated heterocycles. The smallest absolute Gasteiger partial charge is 0.162 e. The Morgan fingerprint density at radius 2 is 1.40 bits per heavy atom. The Hall–Kier alpha value is -2.89. The summed E-state index contributed by atoms with van der Waals surface area (Å²) in [6.07, 6.45) is 0. The Labute approximate surface area is 182 Å². The first-order valence-corrected chi connectivity index (χ1v) is 10.1. The fourth-order valence-electron chi connectivity index (χ4n) is 2.95. The van der Waals surface area contributed by atoms with Crippen LogP contribution in [0.2, 0.25) is 5.02 Å². The Bertz CT molecular complexity index is 934. The fraction of sp³-hybridized carbons (Fsp3) is 0.250. The van der Waals surface area contributed by atoms with E-state index in [1.165, 1.54) is 0 Å². The van der Waals surface area contributed by atoms with Gasteiger partial charge in [-0.15, -0.1) is 0 Å². The molecule has 0 aromatic heterocycles. The lowest BCUT2D eigenvalue weighted by atomic mass is 10.1. The molecule has 0 amide bonds. The molecule has 3 aromatic rings. The van der Waals surface area contributed by atoms with Crippen LogP contribution < -0.4 is 24.3 Å². The Kier molecular flexibility index (Phi) is 8.24. The molecule has 0 bridgehead atoms. The number of benzene rings is 3. The van der Waals surface area contributed by atoms with Gasteiger partial charge in [-0.2, -0.15) is 0 Å². The highest BCUT2D eigenvalue weighted by Gasteiger charge is 2.09. The van der Waals surface area contributed by atoms with Crippen molar-refractivity contribution in [1.29, 1.82) is 0 Å². The summed E-state index contributed by atoms with van der Waals surface area (Å²) in [5, 5.41) is 4.04. The van der Waals surface area contributed by atoms with E-state index in [1.807, 2.05) is 54.6 Å². The number of para-hydroxylation sites is 1. The van der Waals surface area contributed by atoms with Gasteiger partial charge in [0.05, 0.1) is 14.2 Å². The summed E-state index contributed by atoms with van der Waals surface area (Å²) in [6, 6.07) is 21.4. The second kappa shape index (κ2) is 11.3.